The molecule has 25 heavy (non-hydrogen) atoms. The van der Waals surface area contributed by atoms with Crippen LogP contribution >= 0.6 is 0 Å². The summed E-state index contributed by atoms with van der Waals surface area (Å²) in [5.41, 5.74) is 1.10. The molecule has 0 fully saturated rings. The van der Waals surface area contributed by atoms with Crippen molar-refractivity contribution in [2.75, 3.05) is 27.4 Å². The van der Waals surface area contributed by atoms with Gasteiger partial charge in [-0.3, -0.25) is 14.9 Å². The Morgan fingerprint density at radius 3 is 2.68 bits per heavy atom. The zero-order chi connectivity index (χ0) is 18.6. The first-order valence-corrected chi connectivity index (χ1v) is 7.47. The van der Waals surface area contributed by atoms with Crippen LogP contribution in [0.5, 0.6) is 0 Å². The number of carbonyl (C=O) groups excluding carboxylic acids is 2. The van der Waals surface area contributed by atoms with E-state index in [1.807, 2.05) is 0 Å². The molecule has 0 atom stereocenters. The van der Waals surface area contributed by atoms with Gasteiger partial charge in [0.2, 0.25) is 0 Å². The van der Waals surface area contributed by atoms with Crippen LogP contribution in [-0.4, -0.2) is 49.1 Å². The molecule has 8 nitrogen and oxygen atoms in total. The van der Waals surface area contributed by atoms with Crippen molar-refractivity contribution in [3.05, 3.63) is 56.8 Å². The number of rotatable bonds is 6. The van der Waals surface area contributed by atoms with Gasteiger partial charge in [0.25, 0.3) is 11.6 Å². The van der Waals surface area contributed by atoms with Crippen LogP contribution in [-0.2, 0) is 19.1 Å². The lowest BCUT2D eigenvalue weighted by molar-refractivity contribution is -0.384. The topological polar surface area (TPSA) is 99.0 Å². The van der Waals surface area contributed by atoms with E-state index in [9.17, 15) is 19.7 Å². The Kier molecular flexibility index (Phi) is 5.66. The van der Waals surface area contributed by atoms with Crippen molar-refractivity contribution in [3.63, 3.8) is 0 Å². The highest BCUT2D eigenvalue weighted by Crippen LogP contribution is 2.31. The largest absolute Gasteiger partial charge is 0.465 e. The summed E-state index contributed by atoms with van der Waals surface area (Å²) in [6.45, 7) is 2.24. The average Bonchev–Trinajstić information content (AvgIpc) is 2.83. The smallest absolute Gasteiger partial charge is 0.340 e. The number of amides is 1. The Labute approximate surface area is 144 Å². The van der Waals surface area contributed by atoms with Gasteiger partial charge >= 0.3 is 5.97 Å². The summed E-state index contributed by atoms with van der Waals surface area (Å²) >= 11 is 0. The van der Waals surface area contributed by atoms with Gasteiger partial charge in [-0.2, -0.15) is 0 Å². The molecule has 1 heterocycles. The number of nitro benzene ring substituents is 1. The van der Waals surface area contributed by atoms with E-state index < -0.39 is 10.9 Å². The van der Waals surface area contributed by atoms with Gasteiger partial charge in [-0.15, -0.1) is 0 Å². The molecule has 0 bridgehead atoms. The van der Waals surface area contributed by atoms with Crippen molar-refractivity contribution in [3.8, 4) is 0 Å². The van der Waals surface area contributed by atoms with E-state index >= 15 is 0 Å². The van der Waals surface area contributed by atoms with Crippen LogP contribution < -0.4 is 0 Å². The molecule has 0 radical (unpaired) electrons. The lowest BCUT2D eigenvalue weighted by Gasteiger charge is -2.16. The normalized spacial score (nSPS) is 15.9. The van der Waals surface area contributed by atoms with Crippen molar-refractivity contribution < 1.29 is 24.0 Å². The van der Waals surface area contributed by atoms with Crippen molar-refractivity contribution >= 4 is 23.6 Å². The standard InChI is InChI=1S/C17H18N2O6/c1-11-15(17(21)25-3)14(16(20)18(11)7-8-24-2)10-12-5-4-6-13(9-12)19(22)23/h4-6,9-10H,7-8H2,1-3H3/b14-10-. The van der Waals surface area contributed by atoms with E-state index in [1.165, 1.54) is 43.4 Å². The SMILES string of the molecule is COCCN1C(=O)/C(=C\c2cccc([N+](=O)[O-])c2)C(C(=O)OC)=C1C. The minimum absolute atomic E-state index is 0.101. The molecular formula is C17H18N2O6. The van der Waals surface area contributed by atoms with E-state index in [-0.39, 0.29) is 29.3 Å². The van der Waals surface area contributed by atoms with Gasteiger partial charge < -0.3 is 14.4 Å². The number of benzene rings is 1. The van der Waals surface area contributed by atoms with Crippen LogP contribution in [0.4, 0.5) is 5.69 Å². The fourth-order valence-corrected chi connectivity index (χ4v) is 2.57. The van der Waals surface area contributed by atoms with Crippen LogP contribution in [0.3, 0.4) is 0 Å². The summed E-state index contributed by atoms with van der Waals surface area (Å²) in [5.74, 6) is -1.01. The summed E-state index contributed by atoms with van der Waals surface area (Å²) in [5, 5.41) is 10.9. The number of nitrogens with zero attached hydrogens (tertiary/aromatic N) is 2. The summed E-state index contributed by atoms with van der Waals surface area (Å²) in [7, 11) is 2.75. The van der Waals surface area contributed by atoms with E-state index in [1.54, 1.807) is 13.0 Å². The third-order valence-electron chi connectivity index (χ3n) is 3.81. The Hall–Kier alpha value is -3.00. The van der Waals surface area contributed by atoms with Gasteiger partial charge in [0.05, 0.1) is 29.8 Å². The van der Waals surface area contributed by atoms with Crippen molar-refractivity contribution in [2.45, 2.75) is 6.92 Å². The predicted molar refractivity (Wildman–Crippen MR) is 89.4 cm³/mol. The van der Waals surface area contributed by atoms with Crippen LogP contribution in [0, 0.1) is 10.1 Å². The number of ether oxygens (including phenoxy) is 2. The Bertz CT molecular complexity index is 781. The highest BCUT2D eigenvalue weighted by Gasteiger charge is 2.36. The fourth-order valence-electron chi connectivity index (χ4n) is 2.57. The van der Waals surface area contributed by atoms with Gasteiger partial charge in [0.15, 0.2) is 0 Å². The Balaban J connectivity index is 2.50. The number of hydrogen-bond donors (Lipinski definition) is 0. The fraction of sp³-hybridized carbons (Fsp3) is 0.294. The lowest BCUT2D eigenvalue weighted by atomic mass is 10.0. The minimum Gasteiger partial charge on any atom is -0.465 e. The zero-order valence-electron chi connectivity index (χ0n) is 14.1. The molecule has 132 valence electrons. The van der Waals surface area contributed by atoms with E-state index in [0.29, 0.717) is 17.9 Å². The number of esters is 1. The Morgan fingerprint density at radius 1 is 1.36 bits per heavy atom. The maximum atomic E-state index is 12.7. The number of nitro groups is 1. The maximum absolute atomic E-state index is 12.7. The molecule has 0 N–H and O–H groups in total. The van der Waals surface area contributed by atoms with E-state index in [2.05, 4.69) is 0 Å². The van der Waals surface area contributed by atoms with Crippen LogP contribution in [0.2, 0.25) is 0 Å². The molecular weight excluding hydrogens is 328 g/mol. The Morgan fingerprint density at radius 2 is 2.08 bits per heavy atom. The average molecular weight is 346 g/mol. The molecule has 0 unspecified atom stereocenters. The highest BCUT2D eigenvalue weighted by molar-refractivity contribution is 6.16. The number of non-ortho nitro benzene ring substituents is 1. The second kappa shape index (κ2) is 7.71. The number of hydrogen-bond acceptors (Lipinski definition) is 6. The zero-order valence-corrected chi connectivity index (χ0v) is 14.1. The quantitative estimate of drug-likeness (QED) is 0.338. The molecule has 0 spiro atoms. The number of carbonyl (C=O) groups is 2. The number of methoxy groups -OCH3 is 2. The van der Waals surface area contributed by atoms with E-state index in [0.717, 1.165) is 0 Å². The second-order valence-electron chi connectivity index (χ2n) is 5.31. The highest BCUT2D eigenvalue weighted by atomic mass is 16.6. The van der Waals surface area contributed by atoms with Crippen molar-refractivity contribution in [2.24, 2.45) is 0 Å². The molecule has 1 aliphatic heterocycles. The first kappa shape index (κ1) is 18.3. The van der Waals surface area contributed by atoms with Crippen molar-refractivity contribution in [1.29, 1.82) is 0 Å². The molecule has 1 aromatic carbocycles. The molecule has 0 saturated heterocycles. The van der Waals surface area contributed by atoms with Gasteiger partial charge in [-0.05, 0) is 18.6 Å². The summed E-state index contributed by atoms with van der Waals surface area (Å²) in [6.07, 6.45) is 1.46. The van der Waals surface area contributed by atoms with Gasteiger partial charge in [-0.25, -0.2) is 4.79 Å². The summed E-state index contributed by atoms with van der Waals surface area (Å²) in [4.78, 5) is 36.6. The molecule has 0 saturated carbocycles. The first-order valence-electron chi connectivity index (χ1n) is 7.47. The summed E-state index contributed by atoms with van der Waals surface area (Å²) < 4.78 is 9.77. The molecule has 8 heteroatoms. The monoisotopic (exact) mass is 346 g/mol. The third kappa shape index (κ3) is 3.74. The summed E-state index contributed by atoms with van der Waals surface area (Å²) in [6, 6.07) is 5.82. The second-order valence-corrected chi connectivity index (χ2v) is 5.31. The molecule has 2 rings (SSSR count). The molecule has 1 aliphatic rings. The van der Waals surface area contributed by atoms with Gasteiger partial charge in [-0.1, -0.05) is 12.1 Å². The first-order chi connectivity index (χ1) is 11.9. The third-order valence-corrected chi connectivity index (χ3v) is 3.81. The van der Waals surface area contributed by atoms with Gasteiger partial charge in [0.1, 0.15) is 0 Å². The van der Waals surface area contributed by atoms with Crippen molar-refractivity contribution in [1.82, 2.24) is 4.90 Å². The molecule has 1 amide bonds. The van der Waals surface area contributed by atoms with Crippen LogP contribution in [0.25, 0.3) is 6.08 Å². The van der Waals surface area contributed by atoms with E-state index in [4.69, 9.17) is 9.47 Å². The maximum Gasteiger partial charge on any atom is 0.340 e. The molecule has 1 aromatic rings. The van der Waals surface area contributed by atoms with Crippen LogP contribution in [0.15, 0.2) is 41.1 Å². The van der Waals surface area contributed by atoms with Gasteiger partial charge in [0, 0.05) is 31.5 Å². The van der Waals surface area contributed by atoms with Crippen LogP contribution in [0.1, 0.15) is 12.5 Å². The molecule has 0 aliphatic carbocycles. The number of allylic oxidation sites excluding steroid dienone is 1. The molecule has 0 aromatic heterocycles. The predicted octanol–water partition coefficient (Wildman–Crippen LogP) is 1.91. The lowest BCUT2D eigenvalue weighted by Crippen LogP contribution is -2.28. The minimum atomic E-state index is -0.637.